The van der Waals surface area contributed by atoms with E-state index in [0.717, 1.165) is 24.1 Å². The minimum atomic E-state index is -0.520. The summed E-state index contributed by atoms with van der Waals surface area (Å²) in [7, 11) is 1.66. The normalized spacial score (nSPS) is 14.1. The number of para-hydroxylation sites is 1. The lowest BCUT2D eigenvalue weighted by Gasteiger charge is -2.25. The summed E-state index contributed by atoms with van der Waals surface area (Å²) in [5, 5.41) is 7.75. The van der Waals surface area contributed by atoms with Gasteiger partial charge in [0.2, 0.25) is 11.8 Å². The molecule has 0 unspecified atom stereocenters. The molecule has 7 nitrogen and oxygen atoms in total. The van der Waals surface area contributed by atoms with Crippen molar-refractivity contribution in [3.8, 4) is 0 Å². The van der Waals surface area contributed by atoms with Gasteiger partial charge in [0.25, 0.3) is 0 Å². The van der Waals surface area contributed by atoms with Crippen molar-refractivity contribution in [3.05, 3.63) is 41.7 Å². The molecule has 0 saturated heterocycles. The molecular formula is C18H22FN5O2. The number of carbonyl (C=O) groups is 2. The van der Waals surface area contributed by atoms with Gasteiger partial charge in [0, 0.05) is 19.2 Å². The average molecular weight is 359 g/mol. The van der Waals surface area contributed by atoms with Gasteiger partial charge in [-0.15, -0.1) is 5.10 Å². The van der Waals surface area contributed by atoms with Crippen molar-refractivity contribution >= 4 is 17.5 Å². The van der Waals surface area contributed by atoms with Gasteiger partial charge >= 0.3 is 0 Å². The number of fused-ring (bicyclic) bond motifs is 1. The number of benzene rings is 1. The molecule has 0 fully saturated rings. The fourth-order valence-electron chi connectivity index (χ4n) is 3.05. The van der Waals surface area contributed by atoms with Crippen LogP contribution in [0, 0.1) is 0 Å². The second-order valence-electron chi connectivity index (χ2n) is 6.37. The van der Waals surface area contributed by atoms with Gasteiger partial charge < -0.3 is 9.80 Å². The minimum Gasteiger partial charge on any atom is -0.338 e. The minimum absolute atomic E-state index is 0.00896. The Hall–Kier alpha value is -2.77. The molecule has 0 radical (unpaired) electrons. The smallest absolute Gasteiger partial charge is 0.242 e. The van der Waals surface area contributed by atoms with Crippen LogP contribution in [0.15, 0.2) is 30.5 Å². The highest BCUT2D eigenvalue weighted by atomic mass is 19.1. The predicted octanol–water partition coefficient (Wildman–Crippen LogP) is 1.58. The van der Waals surface area contributed by atoms with Crippen LogP contribution in [0.1, 0.15) is 24.1 Å². The Bertz CT molecular complexity index is 791. The topological polar surface area (TPSA) is 71.3 Å². The van der Waals surface area contributed by atoms with Crippen molar-refractivity contribution in [2.24, 2.45) is 0 Å². The molecule has 0 saturated carbocycles. The second kappa shape index (κ2) is 8.07. The second-order valence-corrected chi connectivity index (χ2v) is 6.37. The standard InChI is InChI=1S/C18H22FN5O2/c1-22(11-15-12-23(10-9-19)21-20-15)18(26)13-24-16-7-3-2-5-14(16)6-4-8-17(24)25/h2-3,5,7,12H,4,6,8-11,13H2,1H3. The fourth-order valence-corrected chi connectivity index (χ4v) is 3.05. The van der Waals surface area contributed by atoms with Gasteiger partial charge in [0.1, 0.15) is 18.9 Å². The van der Waals surface area contributed by atoms with Crippen molar-refractivity contribution in [2.75, 3.05) is 25.2 Å². The zero-order valence-corrected chi connectivity index (χ0v) is 14.8. The highest BCUT2D eigenvalue weighted by molar-refractivity contribution is 5.99. The monoisotopic (exact) mass is 359 g/mol. The van der Waals surface area contributed by atoms with E-state index in [1.54, 1.807) is 18.1 Å². The highest BCUT2D eigenvalue weighted by Crippen LogP contribution is 2.26. The molecule has 0 aliphatic carbocycles. The number of likely N-dealkylation sites (N-methyl/N-ethyl adjacent to an activating group) is 1. The van der Waals surface area contributed by atoms with Crippen LogP contribution < -0.4 is 4.90 Å². The van der Waals surface area contributed by atoms with Crippen LogP contribution in [0.4, 0.5) is 10.1 Å². The van der Waals surface area contributed by atoms with Crippen molar-refractivity contribution in [1.82, 2.24) is 19.9 Å². The maximum absolute atomic E-state index is 12.6. The summed E-state index contributed by atoms with van der Waals surface area (Å²) in [6, 6.07) is 7.70. The van der Waals surface area contributed by atoms with Gasteiger partial charge in [-0.25, -0.2) is 9.07 Å². The quantitative estimate of drug-likeness (QED) is 0.785. The number of hydrogen-bond acceptors (Lipinski definition) is 4. The van der Waals surface area contributed by atoms with E-state index < -0.39 is 6.67 Å². The molecule has 26 heavy (non-hydrogen) atoms. The van der Waals surface area contributed by atoms with Gasteiger partial charge in [-0.2, -0.15) is 0 Å². The van der Waals surface area contributed by atoms with Crippen LogP contribution in [-0.2, 0) is 29.1 Å². The molecule has 1 aliphatic heterocycles. The molecule has 0 bridgehead atoms. The molecule has 0 N–H and O–H groups in total. The summed E-state index contributed by atoms with van der Waals surface area (Å²) >= 11 is 0. The number of carbonyl (C=O) groups excluding carboxylic acids is 2. The number of alkyl halides is 1. The van der Waals surface area contributed by atoms with Crippen LogP contribution in [-0.4, -0.2) is 52.0 Å². The van der Waals surface area contributed by atoms with Crippen molar-refractivity contribution in [1.29, 1.82) is 0 Å². The van der Waals surface area contributed by atoms with Crippen LogP contribution in [0.2, 0.25) is 0 Å². The predicted molar refractivity (Wildman–Crippen MR) is 94.2 cm³/mol. The molecule has 3 rings (SSSR count). The van der Waals surface area contributed by atoms with E-state index in [9.17, 15) is 14.0 Å². The summed E-state index contributed by atoms with van der Waals surface area (Å²) in [5.74, 6) is -0.222. The Labute approximate surface area is 151 Å². The first-order valence-corrected chi connectivity index (χ1v) is 8.65. The van der Waals surface area contributed by atoms with E-state index in [4.69, 9.17) is 0 Å². The number of halogens is 1. The lowest BCUT2D eigenvalue weighted by Crippen LogP contribution is -2.41. The maximum atomic E-state index is 12.6. The largest absolute Gasteiger partial charge is 0.338 e. The van der Waals surface area contributed by atoms with Gasteiger partial charge in [-0.3, -0.25) is 9.59 Å². The van der Waals surface area contributed by atoms with Crippen LogP contribution in [0.3, 0.4) is 0 Å². The molecule has 2 heterocycles. The molecule has 138 valence electrons. The summed E-state index contributed by atoms with van der Waals surface area (Å²) in [4.78, 5) is 28.2. The van der Waals surface area contributed by atoms with Crippen molar-refractivity contribution in [3.63, 3.8) is 0 Å². The van der Waals surface area contributed by atoms with Crippen LogP contribution in [0.25, 0.3) is 0 Å². The number of aryl methyl sites for hydroxylation is 2. The lowest BCUT2D eigenvalue weighted by molar-refractivity contribution is -0.130. The molecule has 1 aliphatic rings. The van der Waals surface area contributed by atoms with Gasteiger partial charge in [-0.1, -0.05) is 23.4 Å². The summed E-state index contributed by atoms with van der Waals surface area (Å²) in [6.45, 7) is -0.127. The number of anilines is 1. The molecule has 1 aromatic carbocycles. The molecule has 0 atom stereocenters. The summed E-state index contributed by atoms with van der Waals surface area (Å²) in [5.41, 5.74) is 2.48. The Balaban J connectivity index is 1.68. The third-order valence-corrected chi connectivity index (χ3v) is 4.44. The Morgan fingerprint density at radius 1 is 1.31 bits per heavy atom. The lowest BCUT2D eigenvalue weighted by atomic mass is 10.1. The summed E-state index contributed by atoms with van der Waals surface area (Å²) in [6.07, 6.45) is 3.67. The number of hydrogen-bond donors (Lipinski definition) is 0. The summed E-state index contributed by atoms with van der Waals surface area (Å²) < 4.78 is 13.7. The average Bonchev–Trinajstić information content (AvgIpc) is 3.00. The molecule has 8 heteroatoms. The molecule has 2 amide bonds. The first kappa shape index (κ1) is 18.0. The van der Waals surface area contributed by atoms with Crippen molar-refractivity contribution in [2.45, 2.75) is 32.4 Å². The van der Waals surface area contributed by atoms with Crippen molar-refractivity contribution < 1.29 is 14.0 Å². The third-order valence-electron chi connectivity index (χ3n) is 4.44. The van der Waals surface area contributed by atoms with Gasteiger partial charge in [0.15, 0.2) is 0 Å². The Kier molecular flexibility index (Phi) is 5.60. The Morgan fingerprint density at radius 3 is 2.92 bits per heavy atom. The maximum Gasteiger partial charge on any atom is 0.242 e. The highest BCUT2D eigenvalue weighted by Gasteiger charge is 2.25. The number of rotatable bonds is 6. The fraction of sp³-hybridized carbons (Fsp3) is 0.444. The van der Waals surface area contributed by atoms with Crippen LogP contribution >= 0.6 is 0 Å². The molecule has 0 spiro atoms. The number of aromatic nitrogens is 3. The first-order valence-electron chi connectivity index (χ1n) is 8.65. The van der Waals surface area contributed by atoms with E-state index in [1.807, 2.05) is 24.3 Å². The first-order chi connectivity index (χ1) is 12.6. The van der Waals surface area contributed by atoms with Crippen LogP contribution in [0.5, 0.6) is 0 Å². The molecular weight excluding hydrogens is 337 g/mol. The number of nitrogens with zero attached hydrogens (tertiary/aromatic N) is 5. The zero-order chi connectivity index (χ0) is 18.5. The molecule has 2 aromatic rings. The third kappa shape index (κ3) is 4.07. The van der Waals surface area contributed by atoms with Gasteiger partial charge in [0.05, 0.1) is 19.3 Å². The van der Waals surface area contributed by atoms with E-state index in [2.05, 4.69) is 10.3 Å². The van der Waals surface area contributed by atoms with E-state index in [-0.39, 0.29) is 31.4 Å². The number of amides is 2. The van der Waals surface area contributed by atoms with E-state index in [1.165, 1.54) is 9.58 Å². The van der Waals surface area contributed by atoms with Gasteiger partial charge in [-0.05, 0) is 24.5 Å². The van der Waals surface area contributed by atoms with E-state index in [0.29, 0.717) is 12.1 Å². The zero-order valence-electron chi connectivity index (χ0n) is 14.8. The SMILES string of the molecule is CN(Cc1cn(CCF)nn1)C(=O)CN1C(=O)CCCc2ccccc21. The van der Waals surface area contributed by atoms with E-state index >= 15 is 0 Å². The molecule has 1 aromatic heterocycles. The Morgan fingerprint density at radius 2 is 2.12 bits per heavy atom.